The lowest BCUT2D eigenvalue weighted by Gasteiger charge is -2.39. The van der Waals surface area contributed by atoms with Gasteiger partial charge in [0.1, 0.15) is 5.78 Å². The van der Waals surface area contributed by atoms with Gasteiger partial charge in [-0.25, -0.2) is 0 Å². The SMILES string of the molecule is CCOC(=O)C1(CCCCC(=O)CCCCC2(C(=O)OCC)CCC2)CCC1. The van der Waals surface area contributed by atoms with Crippen molar-refractivity contribution in [3.63, 3.8) is 0 Å². The van der Waals surface area contributed by atoms with Gasteiger partial charge in [-0.3, -0.25) is 14.4 Å². The fourth-order valence-electron chi connectivity index (χ4n) is 4.58. The van der Waals surface area contributed by atoms with Crippen LogP contribution in [0.2, 0.25) is 0 Å². The molecule has 0 atom stereocenters. The lowest BCUT2D eigenvalue weighted by atomic mass is 9.65. The largest absolute Gasteiger partial charge is 0.466 e. The lowest BCUT2D eigenvalue weighted by Crippen LogP contribution is -2.39. The van der Waals surface area contributed by atoms with Gasteiger partial charge in [0.2, 0.25) is 0 Å². The van der Waals surface area contributed by atoms with E-state index in [-0.39, 0.29) is 22.8 Å². The van der Waals surface area contributed by atoms with Gasteiger partial charge in [0.15, 0.2) is 0 Å². The highest BCUT2D eigenvalue weighted by atomic mass is 16.5. The highest BCUT2D eigenvalue weighted by molar-refractivity contribution is 5.79. The van der Waals surface area contributed by atoms with Gasteiger partial charge in [0.05, 0.1) is 24.0 Å². The molecule has 0 aromatic carbocycles. The van der Waals surface area contributed by atoms with E-state index < -0.39 is 0 Å². The Bertz CT molecular complexity index is 485. The first-order valence-electron chi connectivity index (χ1n) is 11.3. The molecule has 0 unspecified atom stereocenters. The zero-order valence-electron chi connectivity index (χ0n) is 17.9. The second kappa shape index (κ2) is 11.0. The number of carbonyl (C=O) groups excluding carboxylic acids is 3. The number of hydrogen-bond acceptors (Lipinski definition) is 5. The minimum Gasteiger partial charge on any atom is -0.466 e. The predicted molar refractivity (Wildman–Crippen MR) is 108 cm³/mol. The van der Waals surface area contributed by atoms with Gasteiger partial charge in [-0.1, -0.05) is 25.7 Å². The summed E-state index contributed by atoms with van der Waals surface area (Å²) in [5, 5.41) is 0. The van der Waals surface area contributed by atoms with Crippen molar-refractivity contribution < 1.29 is 23.9 Å². The molecule has 0 spiro atoms. The van der Waals surface area contributed by atoms with E-state index in [9.17, 15) is 14.4 Å². The molecule has 0 N–H and O–H groups in total. The minimum atomic E-state index is -0.261. The Morgan fingerprint density at radius 1 is 0.679 bits per heavy atom. The highest BCUT2D eigenvalue weighted by Gasteiger charge is 2.45. The van der Waals surface area contributed by atoms with Crippen molar-refractivity contribution in [2.24, 2.45) is 10.8 Å². The zero-order valence-corrected chi connectivity index (χ0v) is 17.9. The summed E-state index contributed by atoms with van der Waals surface area (Å²) in [5.74, 6) is 0.218. The maximum atomic E-state index is 12.1. The summed E-state index contributed by atoms with van der Waals surface area (Å²) in [7, 11) is 0. The molecule has 5 nitrogen and oxygen atoms in total. The maximum absolute atomic E-state index is 12.1. The van der Waals surface area contributed by atoms with Crippen LogP contribution in [0.4, 0.5) is 0 Å². The van der Waals surface area contributed by atoms with Gasteiger partial charge in [-0.05, 0) is 65.2 Å². The van der Waals surface area contributed by atoms with Crippen LogP contribution in [0.3, 0.4) is 0 Å². The summed E-state index contributed by atoms with van der Waals surface area (Å²) >= 11 is 0. The summed E-state index contributed by atoms with van der Waals surface area (Å²) in [6.07, 6.45) is 12.4. The first-order chi connectivity index (χ1) is 13.5. The quantitative estimate of drug-likeness (QED) is 0.301. The van der Waals surface area contributed by atoms with Crippen LogP contribution in [-0.4, -0.2) is 30.9 Å². The van der Waals surface area contributed by atoms with E-state index in [0.717, 1.165) is 77.0 Å². The number of ether oxygens (including phenoxy) is 2. The second-order valence-corrected chi connectivity index (χ2v) is 8.66. The molecule has 0 aromatic heterocycles. The molecule has 28 heavy (non-hydrogen) atoms. The Labute approximate surface area is 169 Å². The highest BCUT2D eigenvalue weighted by Crippen LogP contribution is 2.47. The van der Waals surface area contributed by atoms with Crippen molar-refractivity contribution in [1.29, 1.82) is 0 Å². The van der Waals surface area contributed by atoms with Crippen LogP contribution in [0.15, 0.2) is 0 Å². The monoisotopic (exact) mass is 394 g/mol. The van der Waals surface area contributed by atoms with E-state index in [1.54, 1.807) is 0 Å². The molecule has 0 heterocycles. The number of ketones is 1. The Hall–Kier alpha value is -1.39. The molecule has 2 fully saturated rings. The number of Topliss-reactive ketones (excluding diaryl/α,β-unsaturated/α-hetero) is 1. The number of carbonyl (C=O) groups is 3. The number of hydrogen-bond donors (Lipinski definition) is 0. The van der Waals surface area contributed by atoms with Crippen LogP contribution in [-0.2, 0) is 23.9 Å². The van der Waals surface area contributed by atoms with E-state index in [1.165, 1.54) is 0 Å². The summed E-state index contributed by atoms with van der Waals surface area (Å²) < 4.78 is 10.5. The van der Waals surface area contributed by atoms with E-state index >= 15 is 0 Å². The first kappa shape index (κ1) is 22.9. The summed E-state index contributed by atoms with van der Waals surface area (Å²) in [6, 6.07) is 0. The van der Waals surface area contributed by atoms with Gasteiger partial charge >= 0.3 is 11.9 Å². The van der Waals surface area contributed by atoms with Gasteiger partial charge < -0.3 is 9.47 Å². The van der Waals surface area contributed by atoms with E-state index in [0.29, 0.717) is 31.8 Å². The molecule has 160 valence electrons. The van der Waals surface area contributed by atoms with Crippen LogP contribution in [0.5, 0.6) is 0 Å². The molecule has 0 bridgehead atoms. The fourth-order valence-corrected chi connectivity index (χ4v) is 4.58. The van der Waals surface area contributed by atoms with Gasteiger partial charge in [0.25, 0.3) is 0 Å². The number of rotatable bonds is 14. The van der Waals surface area contributed by atoms with Crippen molar-refractivity contribution in [2.75, 3.05) is 13.2 Å². The molecular weight excluding hydrogens is 356 g/mol. The summed E-state index contributed by atoms with van der Waals surface area (Å²) in [5.41, 5.74) is -0.521. The summed E-state index contributed by atoms with van der Waals surface area (Å²) in [4.78, 5) is 36.4. The fraction of sp³-hybridized carbons (Fsp3) is 0.870. The Morgan fingerprint density at radius 3 is 1.36 bits per heavy atom. The lowest BCUT2D eigenvalue weighted by molar-refractivity contribution is -0.162. The van der Waals surface area contributed by atoms with Crippen LogP contribution in [0, 0.1) is 10.8 Å². The third-order valence-electron chi connectivity index (χ3n) is 6.76. The van der Waals surface area contributed by atoms with Crippen molar-refractivity contribution in [1.82, 2.24) is 0 Å². The molecule has 0 saturated heterocycles. The molecule has 0 aliphatic heterocycles. The van der Waals surface area contributed by atoms with Gasteiger partial charge in [0, 0.05) is 12.8 Å². The first-order valence-corrected chi connectivity index (χ1v) is 11.3. The van der Waals surface area contributed by atoms with Crippen molar-refractivity contribution in [2.45, 2.75) is 104 Å². The average Bonchev–Trinajstić information content (AvgIpc) is 2.59. The number of unbranched alkanes of at least 4 members (excludes halogenated alkanes) is 2. The predicted octanol–water partition coefficient (Wildman–Crippen LogP) is 5.14. The van der Waals surface area contributed by atoms with E-state index in [1.807, 2.05) is 13.8 Å². The molecule has 5 heteroatoms. The molecular formula is C23H38O5. The van der Waals surface area contributed by atoms with Gasteiger partial charge in [-0.15, -0.1) is 0 Å². The van der Waals surface area contributed by atoms with Crippen LogP contribution < -0.4 is 0 Å². The normalized spacial score (nSPS) is 19.2. The van der Waals surface area contributed by atoms with Crippen molar-refractivity contribution >= 4 is 17.7 Å². The molecule has 2 saturated carbocycles. The molecule has 2 rings (SSSR count). The smallest absolute Gasteiger partial charge is 0.312 e. The second-order valence-electron chi connectivity index (χ2n) is 8.66. The van der Waals surface area contributed by atoms with Crippen LogP contribution >= 0.6 is 0 Å². The molecule has 2 aliphatic rings. The third kappa shape index (κ3) is 5.81. The number of esters is 2. The zero-order chi connectivity index (χ0) is 20.5. The Balaban J connectivity index is 1.57. The van der Waals surface area contributed by atoms with Gasteiger partial charge in [-0.2, -0.15) is 0 Å². The molecule has 0 amide bonds. The molecule has 0 aromatic rings. The Kier molecular flexibility index (Phi) is 8.97. The standard InChI is InChI=1S/C23H38O5/c1-3-27-20(25)22(15-9-16-22)13-7-5-11-19(24)12-6-8-14-23(17-10-18-23)21(26)28-4-2/h3-18H2,1-2H3. The Morgan fingerprint density at radius 2 is 1.07 bits per heavy atom. The summed E-state index contributed by atoms with van der Waals surface area (Å²) in [6.45, 7) is 4.58. The minimum absolute atomic E-state index is 0.0425. The molecule has 0 radical (unpaired) electrons. The van der Waals surface area contributed by atoms with E-state index in [2.05, 4.69) is 0 Å². The maximum Gasteiger partial charge on any atom is 0.312 e. The molecule has 2 aliphatic carbocycles. The van der Waals surface area contributed by atoms with Crippen LogP contribution in [0.25, 0.3) is 0 Å². The van der Waals surface area contributed by atoms with Crippen molar-refractivity contribution in [3.05, 3.63) is 0 Å². The van der Waals surface area contributed by atoms with Crippen LogP contribution in [0.1, 0.15) is 104 Å². The topological polar surface area (TPSA) is 69.7 Å². The third-order valence-corrected chi connectivity index (χ3v) is 6.76. The van der Waals surface area contributed by atoms with Crippen molar-refractivity contribution in [3.8, 4) is 0 Å². The van der Waals surface area contributed by atoms with E-state index in [4.69, 9.17) is 9.47 Å². The average molecular weight is 395 g/mol.